The fourth-order valence-electron chi connectivity index (χ4n) is 1.77. The first kappa shape index (κ1) is 10.3. The number of nitrogens with zero attached hydrogens (tertiary/aromatic N) is 1. The van der Waals surface area contributed by atoms with Crippen LogP contribution in [0.3, 0.4) is 0 Å². The van der Waals surface area contributed by atoms with Crippen LogP contribution in [0.2, 0.25) is 0 Å². The lowest BCUT2D eigenvalue weighted by Crippen LogP contribution is -2.60. The Labute approximate surface area is 83.4 Å². The standard InChI is InChI=1S/C8H9F3N2O2/c9-8(10,11)7(1-2-7)13-4-5(14)12-3-6(13)15/h1-4H2,(H,12,14). The third-order valence-electron chi connectivity index (χ3n) is 2.81. The van der Waals surface area contributed by atoms with Crippen LogP contribution < -0.4 is 5.32 Å². The summed E-state index contributed by atoms with van der Waals surface area (Å²) in [7, 11) is 0. The molecule has 0 bridgehead atoms. The molecule has 2 aliphatic rings. The van der Waals surface area contributed by atoms with Crippen molar-refractivity contribution in [1.82, 2.24) is 10.2 Å². The highest BCUT2D eigenvalue weighted by Gasteiger charge is 2.68. The second-order valence-electron chi connectivity index (χ2n) is 3.79. The number of carbonyl (C=O) groups excluding carboxylic acids is 2. The minimum atomic E-state index is -4.44. The minimum absolute atomic E-state index is 0.102. The summed E-state index contributed by atoms with van der Waals surface area (Å²) in [5.41, 5.74) is -2.07. The van der Waals surface area contributed by atoms with Crippen molar-refractivity contribution in [3.05, 3.63) is 0 Å². The third-order valence-corrected chi connectivity index (χ3v) is 2.81. The first-order valence-corrected chi connectivity index (χ1v) is 4.51. The fraction of sp³-hybridized carbons (Fsp3) is 0.750. The quantitative estimate of drug-likeness (QED) is 0.681. The molecular weight excluding hydrogens is 213 g/mol. The molecule has 1 heterocycles. The van der Waals surface area contributed by atoms with Crippen LogP contribution in [0.5, 0.6) is 0 Å². The number of carbonyl (C=O) groups is 2. The van der Waals surface area contributed by atoms with Crippen molar-refractivity contribution in [3.63, 3.8) is 0 Å². The maximum absolute atomic E-state index is 12.7. The predicted molar refractivity (Wildman–Crippen MR) is 42.7 cm³/mol. The van der Waals surface area contributed by atoms with Gasteiger partial charge in [-0.05, 0) is 12.8 Å². The molecule has 0 aromatic heterocycles. The molecule has 1 aliphatic heterocycles. The lowest BCUT2D eigenvalue weighted by Gasteiger charge is -2.35. The van der Waals surface area contributed by atoms with Crippen molar-refractivity contribution in [1.29, 1.82) is 0 Å². The molecule has 0 unspecified atom stereocenters. The highest BCUT2D eigenvalue weighted by atomic mass is 19.4. The molecule has 1 saturated carbocycles. The van der Waals surface area contributed by atoms with E-state index < -0.39 is 30.1 Å². The van der Waals surface area contributed by atoms with Gasteiger partial charge in [0.2, 0.25) is 11.8 Å². The van der Waals surface area contributed by atoms with E-state index in [4.69, 9.17) is 0 Å². The van der Waals surface area contributed by atoms with E-state index in [1.165, 1.54) is 0 Å². The first-order valence-electron chi connectivity index (χ1n) is 4.51. The largest absolute Gasteiger partial charge is 0.411 e. The lowest BCUT2D eigenvalue weighted by molar-refractivity contribution is -0.201. The van der Waals surface area contributed by atoms with Crippen molar-refractivity contribution < 1.29 is 22.8 Å². The van der Waals surface area contributed by atoms with E-state index in [1.807, 2.05) is 0 Å². The summed E-state index contributed by atoms with van der Waals surface area (Å²) in [6.07, 6.45) is -4.65. The van der Waals surface area contributed by atoms with Crippen molar-refractivity contribution in [2.45, 2.75) is 24.6 Å². The number of hydrogen-bond donors (Lipinski definition) is 1. The first-order chi connectivity index (χ1) is 6.87. The Morgan fingerprint density at radius 3 is 2.33 bits per heavy atom. The molecule has 2 amide bonds. The summed E-state index contributed by atoms with van der Waals surface area (Å²) >= 11 is 0. The molecule has 0 aromatic rings. The van der Waals surface area contributed by atoms with E-state index in [9.17, 15) is 22.8 Å². The summed E-state index contributed by atoms with van der Waals surface area (Å²) in [5.74, 6) is -1.20. The Kier molecular flexibility index (Phi) is 1.96. The molecule has 2 fully saturated rings. The van der Waals surface area contributed by atoms with Gasteiger partial charge in [0, 0.05) is 0 Å². The van der Waals surface area contributed by atoms with Crippen LogP contribution in [-0.2, 0) is 9.59 Å². The lowest BCUT2D eigenvalue weighted by atomic mass is 10.1. The van der Waals surface area contributed by atoms with Gasteiger partial charge >= 0.3 is 6.18 Å². The molecule has 0 atom stereocenters. The van der Waals surface area contributed by atoms with Gasteiger partial charge in [0.25, 0.3) is 0 Å². The Bertz CT molecular complexity index is 322. The molecule has 2 rings (SSSR count). The van der Waals surface area contributed by atoms with Crippen LogP contribution in [-0.4, -0.2) is 41.5 Å². The molecule has 0 aromatic carbocycles. The monoisotopic (exact) mass is 222 g/mol. The number of piperazine rings is 1. The van der Waals surface area contributed by atoms with E-state index in [0.29, 0.717) is 4.90 Å². The number of alkyl halides is 3. The normalized spacial score (nSPS) is 25.1. The highest BCUT2D eigenvalue weighted by molar-refractivity contribution is 5.93. The number of rotatable bonds is 1. The summed E-state index contributed by atoms with van der Waals surface area (Å²) in [5, 5.41) is 2.22. The zero-order valence-electron chi connectivity index (χ0n) is 7.73. The number of nitrogens with one attached hydrogen (secondary N) is 1. The van der Waals surface area contributed by atoms with E-state index in [2.05, 4.69) is 5.32 Å². The highest BCUT2D eigenvalue weighted by Crippen LogP contribution is 2.53. The van der Waals surface area contributed by atoms with Crippen LogP contribution in [0.15, 0.2) is 0 Å². The Morgan fingerprint density at radius 2 is 1.87 bits per heavy atom. The maximum Gasteiger partial charge on any atom is 0.411 e. The molecule has 0 radical (unpaired) electrons. The SMILES string of the molecule is O=C1CN(C2(C(F)(F)F)CC2)C(=O)CN1. The second kappa shape index (κ2) is 2.86. The predicted octanol–water partition coefficient (Wildman–Crippen LogP) is 0.0397. The van der Waals surface area contributed by atoms with E-state index in [1.54, 1.807) is 0 Å². The van der Waals surface area contributed by atoms with Crippen molar-refractivity contribution in [2.24, 2.45) is 0 Å². The van der Waals surface area contributed by atoms with Crippen LogP contribution in [0.1, 0.15) is 12.8 Å². The van der Waals surface area contributed by atoms with Crippen molar-refractivity contribution in [3.8, 4) is 0 Å². The Hall–Kier alpha value is -1.27. The molecule has 4 nitrogen and oxygen atoms in total. The van der Waals surface area contributed by atoms with Gasteiger partial charge in [0.1, 0.15) is 12.1 Å². The summed E-state index contributed by atoms with van der Waals surface area (Å²) in [4.78, 5) is 22.9. The van der Waals surface area contributed by atoms with Crippen LogP contribution in [0.4, 0.5) is 13.2 Å². The summed E-state index contributed by atoms with van der Waals surface area (Å²) in [6, 6.07) is 0. The van der Waals surface area contributed by atoms with E-state index in [0.717, 1.165) is 0 Å². The second-order valence-corrected chi connectivity index (χ2v) is 3.79. The van der Waals surface area contributed by atoms with Gasteiger partial charge in [-0.15, -0.1) is 0 Å². The Morgan fingerprint density at radius 1 is 1.27 bits per heavy atom. The average Bonchev–Trinajstić information content (AvgIpc) is 2.88. The molecule has 1 saturated heterocycles. The molecule has 84 valence electrons. The van der Waals surface area contributed by atoms with Gasteiger partial charge < -0.3 is 10.2 Å². The smallest absolute Gasteiger partial charge is 0.345 e. The average molecular weight is 222 g/mol. The molecule has 0 spiro atoms. The van der Waals surface area contributed by atoms with Crippen molar-refractivity contribution in [2.75, 3.05) is 13.1 Å². The molecule has 1 aliphatic carbocycles. The molecule has 1 N–H and O–H groups in total. The van der Waals surface area contributed by atoms with E-state index in [-0.39, 0.29) is 19.4 Å². The number of amides is 2. The minimum Gasteiger partial charge on any atom is -0.345 e. The fourth-order valence-corrected chi connectivity index (χ4v) is 1.77. The van der Waals surface area contributed by atoms with Crippen LogP contribution in [0, 0.1) is 0 Å². The van der Waals surface area contributed by atoms with Crippen molar-refractivity contribution >= 4 is 11.8 Å². The topological polar surface area (TPSA) is 49.4 Å². The van der Waals surface area contributed by atoms with E-state index >= 15 is 0 Å². The zero-order valence-corrected chi connectivity index (χ0v) is 7.73. The maximum atomic E-state index is 12.7. The Balaban J connectivity index is 2.22. The van der Waals surface area contributed by atoms with Crippen LogP contribution in [0.25, 0.3) is 0 Å². The van der Waals surface area contributed by atoms with Crippen LogP contribution >= 0.6 is 0 Å². The van der Waals surface area contributed by atoms with Gasteiger partial charge in [0.15, 0.2) is 0 Å². The third kappa shape index (κ3) is 1.46. The molecule has 15 heavy (non-hydrogen) atoms. The molecule has 7 heteroatoms. The van der Waals surface area contributed by atoms with Gasteiger partial charge in [-0.25, -0.2) is 0 Å². The van der Waals surface area contributed by atoms with Gasteiger partial charge in [0.05, 0.1) is 6.54 Å². The number of halogens is 3. The van der Waals surface area contributed by atoms with Gasteiger partial charge in [-0.1, -0.05) is 0 Å². The summed E-state index contributed by atoms with van der Waals surface area (Å²) < 4.78 is 38.0. The summed E-state index contributed by atoms with van der Waals surface area (Å²) in [6.45, 7) is -0.824. The van der Waals surface area contributed by atoms with Gasteiger partial charge in [-0.3, -0.25) is 9.59 Å². The number of hydrogen-bond acceptors (Lipinski definition) is 2. The zero-order chi connectivity index (χ0) is 11.3. The van der Waals surface area contributed by atoms with Gasteiger partial charge in [-0.2, -0.15) is 13.2 Å². The molecular formula is C8H9F3N2O2.